The second kappa shape index (κ2) is 8.26. The normalized spacial score (nSPS) is 11.9. The maximum Gasteiger partial charge on any atom is 0.277 e. The largest absolute Gasteiger partial charge is 0.493 e. The molecule has 140 valence electrons. The number of ether oxygens (including phenoxy) is 2. The molecule has 0 saturated carbocycles. The topological polar surface area (TPSA) is 74.5 Å². The summed E-state index contributed by atoms with van der Waals surface area (Å²) in [6.07, 6.45) is 0. The Labute approximate surface area is 161 Å². The minimum atomic E-state index is -0.341. The number of ketones is 1. The molecule has 1 heterocycles. The standard InChI is InChI=1S/C20H20N2O4S/c1-12-5-7-14(8-6-12)18(23)13(2)27-20-22-21-19(26-20)15-9-10-16(24-3)17(11-15)25-4/h5-11,13H,1-4H3. The van der Waals surface area contributed by atoms with E-state index in [2.05, 4.69) is 10.2 Å². The first-order valence-electron chi connectivity index (χ1n) is 8.35. The molecule has 3 rings (SSSR count). The third kappa shape index (κ3) is 4.31. The number of carbonyl (C=O) groups is 1. The SMILES string of the molecule is COc1ccc(-c2nnc(SC(C)C(=O)c3ccc(C)cc3)o2)cc1OC. The van der Waals surface area contributed by atoms with Crippen molar-refractivity contribution in [3.63, 3.8) is 0 Å². The van der Waals surface area contributed by atoms with Gasteiger partial charge in [0.15, 0.2) is 17.3 Å². The van der Waals surface area contributed by atoms with Gasteiger partial charge in [-0.05, 0) is 32.0 Å². The highest BCUT2D eigenvalue weighted by Crippen LogP contribution is 2.33. The first-order valence-corrected chi connectivity index (χ1v) is 9.23. The first kappa shape index (κ1) is 19.0. The van der Waals surface area contributed by atoms with Gasteiger partial charge in [0.2, 0.25) is 5.89 Å². The Balaban J connectivity index is 1.74. The van der Waals surface area contributed by atoms with E-state index in [1.165, 1.54) is 11.8 Å². The number of methoxy groups -OCH3 is 2. The fourth-order valence-corrected chi connectivity index (χ4v) is 3.26. The van der Waals surface area contributed by atoms with Gasteiger partial charge >= 0.3 is 0 Å². The van der Waals surface area contributed by atoms with Crippen molar-refractivity contribution in [2.24, 2.45) is 0 Å². The van der Waals surface area contributed by atoms with Crippen molar-refractivity contribution < 1.29 is 18.7 Å². The van der Waals surface area contributed by atoms with Gasteiger partial charge in [0, 0.05) is 11.1 Å². The molecule has 0 aliphatic rings. The van der Waals surface area contributed by atoms with E-state index in [9.17, 15) is 4.79 Å². The first-order chi connectivity index (χ1) is 13.0. The highest BCUT2D eigenvalue weighted by Gasteiger charge is 2.20. The number of benzene rings is 2. The number of aryl methyl sites for hydroxylation is 1. The Morgan fingerprint density at radius 1 is 1.04 bits per heavy atom. The van der Waals surface area contributed by atoms with E-state index in [0.29, 0.717) is 33.7 Å². The van der Waals surface area contributed by atoms with Crippen molar-refractivity contribution in [2.45, 2.75) is 24.3 Å². The smallest absolute Gasteiger partial charge is 0.277 e. The number of Topliss-reactive ketones (excluding diaryl/α,β-unsaturated/α-hetero) is 1. The van der Waals surface area contributed by atoms with E-state index < -0.39 is 0 Å². The van der Waals surface area contributed by atoms with Gasteiger partial charge in [-0.25, -0.2) is 0 Å². The maximum absolute atomic E-state index is 12.6. The van der Waals surface area contributed by atoms with Crippen LogP contribution in [-0.2, 0) is 0 Å². The quantitative estimate of drug-likeness (QED) is 0.441. The molecule has 27 heavy (non-hydrogen) atoms. The molecule has 1 aromatic heterocycles. The summed E-state index contributed by atoms with van der Waals surface area (Å²) >= 11 is 1.24. The van der Waals surface area contributed by atoms with E-state index >= 15 is 0 Å². The minimum absolute atomic E-state index is 0.0193. The molecule has 0 bridgehead atoms. The summed E-state index contributed by atoms with van der Waals surface area (Å²) in [5.41, 5.74) is 2.49. The summed E-state index contributed by atoms with van der Waals surface area (Å²) in [5.74, 6) is 1.57. The molecule has 2 aromatic carbocycles. The zero-order chi connectivity index (χ0) is 19.4. The van der Waals surface area contributed by atoms with Crippen molar-refractivity contribution in [2.75, 3.05) is 14.2 Å². The van der Waals surface area contributed by atoms with Crippen LogP contribution in [0.15, 0.2) is 52.1 Å². The number of thioether (sulfide) groups is 1. The van der Waals surface area contributed by atoms with Crippen molar-refractivity contribution in [1.29, 1.82) is 0 Å². The van der Waals surface area contributed by atoms with E-state index in [4.69, 9.17) is 13.9 Å². The summed E-state index contributed by atoms with van der Waals surface area (Å²) in [6, 6.07) is 12.9. The Bertz CT molecular complexity index is 937. The van der Waals surface area contributed by atoms with Gasteiger partial charge in [-0.3, -0.25) is 4.79 Å². The molecule has 0 saturated heterocycles. The van der Waals surface area contributed by atoms with Crippen LogP contribution in [0.3, 0.4) is 0 Å². The number of hydrogen-bond acceptors (Lipinski definition) is 7. The minimum Gasteiger partial charge on any atom is -0.493 e. The van der Waals surface area contributed by atoms with Crippen LogP contribution < -0.4 is 9.47 Å². The average Bonchev–Trinajstić information content (AvgIpc) is 3.15. The van der Waals surface area contributed by atoms with Gasteiger partial charge < -0.3 is 13.9 Å². The van der Waals surface area contributed by atoms with Gasteiger partial charge in [0.05, 0.1) is 19.5 Å². The molecule has 0 aliphatic heterocycles. The lowest BCUT2D eigenvalue weighted by molar-refractivity contribution is 0.0993. The van der Waals surface area contributed by atoms with Crippen LogP contribution in [0.2, 0.25) is 0 Å². The molecule has 0 fully saturated rings. The molecule has 0 radical (unpaired) electrons. The van der Waals surface area contributed by atoms with Gasteiger partial charge in [-0.1, -0.05) is 41.6 Å². The number of rotatable bonds is 7. The molecule has 0 amide bonds. The van der Waals surface area contributed by atoms with Crippen LogP contribution in [0.25, 0.3) is 11.5 Å². The second-order valence-electron chi connectivity index (χ2n) is 5.93. The van der Waals surface area contributed by atoms with Crippen molar-refractivity contribution in [1.82, 2.24) is 10.2 Å². The van der Waals surface area contributed by atoms with Gasteiger partial charge in [0.25, 0.3) is 5.22 Å². The molecular weight excluding hydrogens is 364 g/mol. The fraction of sp³-hybridized carbons (Fsp3) is 0.250. The van der Waals surface area contributed by atoms with Crippen LogP contribution in [0.5, 0.6) is 11.5 Å². The fourth-order valence-electron chi connectivity index (χ4n) is 2.50. The highest BCUT2D eigenvalue weighted by atomic mass is 32.2. The molecule has 0 N–H and O–H groups in total. The lowest BCUT2D eigenvalue weighted by Crippen LogP contribution is -2.13. The predicted octanol–water partition coefficient (Wildman–Crippen LogP) is 4.43. The zero-order valence-corrected chi connectivity index (χ0v) is 16.4. The van der Waals surface area contributed by atoms with Crippen LogP contribution in [0.4, 0.5) is 0 Å². The summed E-state index contributed by atoms with van der Waals surface area (Å²) in [7, 11) is 3.14. The van der Waals surface area contributed by atoms with Crippen molar-refractivity contribution >= 4 is 17.5 Å². The van der Waals surface area contributed by atoms with E-state index in [-0.39, 0.29) is 11.0 Å². The van der Waals surface area contributed by atoms with Crippen LogP contribution >= 0.6 is 11.8 Å². The van der Waals surface area contributed by atoms with Gasteiger partial charge in [-0.2, -0.15) is 0 Å². The third-order valence-electron chi connectivity index (χ3n) is 4.02. The number of nitrogens with zero attached hydrogens (tertiary/aromatic N) is 2. The summed E-state index contributed by atoms with van der Waals surface area (Å²) in [6.45, 7) is 3.81. The number of aromatic nitrogens is 2. The lowest BCUT2D eigenvalue weighted by atomic mass is 10.1. The average molecular weight is 384 g/mol. The monoisotopic (exact) mass is 384 g/mol. The Morgan fingerprint density at radius 3 is 2.41 bits per heavy atom. The summed E-state index contributed by atoms with van der Waals surface area (Å²) in [4.78, 5) is 12.6. The second-order valence-corrected chi connectivity index (χ2v) is 7.23. The van der Waals surface area contributed by atoms with E-state index in [1.54, 1.807) is 26.4 Å². The van der Waals surface area contributed by atoms with Crippen molar-refractivity contribution in [3.05, 3.63) is 53.6 Å². The Morgan fingerprint density at radius 2 is 1.74 bits per heavy atom. The molecule has 7 heteroatoms. The number of carbonyl (C=O) groups excluding carboxylic acids is 1. The molecule has 0 aliphatic carbocycles. The molecule has 6 nitrogen and oxygen atoms in total. The third-order valence-corrected chi connectivity index (χ3v) is 4.95. The van der Waals surface area contributed by atoms with Crippen LogP contribution in [0.1, 0.15) is 22.8 Å². The zero-order valence-electron chi connectivity index (χ0n) is 15.6. The van der Waals surface area contributed by atoms with Crippen molar-refractivity contribution in [3.8, 4) is 23.0 Å². The van der Waals surface area contributed by atoms with Crippen LogP contribution in [0, 0.1) is 6.92 Å². The highest BCUT2D eigenvalue weighted by molar-refractivity contribution is 8.00. The predicted molar refractivity (Wildman–Crippen MR) is 104 cm³/mol. The summed E-state index contributed by atoms with van der Waals surface area (Å²) in [5, 5.41) is 8.11. The number of hydrogen-bond donors (Lipinski definition) is 0. The molecule has 3 aromatic rings. The molecule has 0 spiro atoms. The maximum atomic E-state index is 12.6. The van der Waals surface area contributed by atoms with Gasteiger partial charge in [-0.15, -0.1) is 10.2 Å². The Hall–Kier alpha value is -2.80. The van der Waals surface area contributed by atoms with E-state index in [1.807, 2.05) is 44.2 Å². The van der Waals surface area contributed by atoms with E-state index in [0.717, 1.165) is 5.56 Å². The Kier molecular flexibility index (Phi) is 5.81. The molecule has 1 unspecified atom stereocenters. The van der Waals surface area contributed by atoms with Crippen LogP contribution in [-0.4, -0.2) is 35.5 Å². The molecular formula is C20H20N2O4S. The lowest BCUT2D eigenvalue weighted by Gasteiger charge is -2.08. The summed E-state index contributed by atoms with van der Waals surface area (Å²) < 4.78 is 16.2. The van der Waals surface area contributed by atoms with Gasteiger partial charge in [0.1, 0.15) is 0 Å². The molecule has 1 atom stereocenters.